The van der Waals surface area contributed by atoms with Crippen LogP contribution in [0.4, 0.5) is 0 Å². The van der Waals surface area contributed by atoms with Crippen LogP contribution in [0.15, 0.2) is 0 Å². The first-order valence-electron chi connectivity index (χ1n) is 7.16. The lowest BCUT2D eigenvalue weighted by Crippen LogP contribution is -2.54. The minimum absolute atomic E-state index is 0.453. The molecule has 3 atom stereocenters. The van der Waals surface area contributed by atoms with Crippen molar-refractivity contribution in [2.45, 2.75) is 72.0 Å². The SMILES string of the molecule is CNC1CCC(C(C)(C)C)CC1N(C)C(C)C. The van der Waals surface area contributed by atoms with Crippen molar-refractivity contribution < 1.29 is 0 Å². The van der Waals surface area contributed by atoms with Gasteiger partial charge in [-0.2, -0.15) is 0 Å². The Morgan fingerprint density at radius 1 is 1.18 bits per heavy atom. The van der Waals surface area contributed by atoms with Crippen LogP contribution in [0.25, 0.3) is 0 Å². The Bertz CT molecular complexity index is 228. The van der Waals surface area contributed by atoms with Crippen molar-refractivity contribution in [1.29, 1.82) is 0 Å². The van der Waals surface area contributed by atoms with Gasteiger partial charge in [0.05, 0.1) is 0 Å². The standard InChI is InChI=1S/C15H32N2/c1-11(2)17(7)14-10-12(15(3,4)5)8-9-13(14)16-6/h11-14,16H,8-10H2,1-7H3. The lowest BCUT2D eigenvalue weighted by Gasteiger charge is -2.46. The van der Waals surface area contributed by atoms with Crippen molar-refractivity contribution in [2.75, 3.05) is 14.1 Å². The van der Waals surface area contributed by atoms with Gasteiger partial charge in [0.15, 0.2) is 0 Å². The molecule has 0 heterocycles. The van der Waals surface area contributed by atoms with Crippen molar-refractivity contribution in [3.05, 3.63) is 0 Å². The topological polar surface area (TPSA) is 15.3 Å². The Morgan fingerprint density at radius 3 is 2.18 bits per heavy atom. The molecule has 0 aliphatic heterocycles. The highest BCUT2D eigenvalue weighted by atomic mass is 15.2. The molecule has 0 aromatic carbocycles. The molecular formula is C15H32N2. The summed E-state index contributed by atoms with van der Waals surface area (Å²) < 4.78 is 0. The maximum Gasteiger partial charge on any atom is 0.0251 e. The summed E-state index contributed by atoms with van der Waals surface area (Å²) in [6.07, 6.45) is 4.03. The van der Waals surface area contributed by atoms with E-state index in [1.807, 2.05) is 0 Å². The fourth-order valence-electron chi connectivity index (χ4n) is 3.10. The van der Waals surface area contributed by atoms with Crippen LogP contribution in [0.1, 0.15) is 53.9 Å². The third-order valence-corrected chi connectivity index (χ3v) is 4.75. The molecule has 0 radical (unpaired) electrons. The highest BCUT2D eigenvalue weighted by Crippen LogP contribution is 2.39. The predicted molar refractivity (Wildman–Crippen MR) is 76.3 cm³/mol. The molecule has 1 saturated carbocycles. The summed E-state index contributed by atoms with van der Waals surface area (Å²) >= 11 is 0. The number of hydrogen-bond donors (Lipinski definition) is 1. The van der Waals surface area contributed by atoms with Gasteiger partial charge in [0.1, 0.15) is 0 Å². The first-order valence-corrected chi connectivity index (χ1v) is 7.16. The zero-order valence-electron chi connectivity index (χ0n) is 12.9. The zero-order valence-corrected chi connectivity index (χ0v) is 12.9. The Kier molecular flexibility index (Phi) is 5.03. The lowest BCUT2D eigenvalue weighted by atomic mass is 9.69. The summed E-state index contributed by atoms with van der Waals surface area (Å²) in [4.78, 5) is 2.55. The molecule has 0 spiro atoms. The molecule has 0 aromatic heterocycles. The molecule has 3 unspecified atom stereocenters. The van der Waals surface area contributed by atoms with Crippen LogP contribution in [-0.2, 0) is 0 Å². The predicted octanol–water partition coefficient (Wildman–Crippen LogP) is 3.13. The van der Waals surface area contributed by atoms with Crippen molar-refractivity contribution in [1.82, 2.24) is 10.2 Å². The number of likely N-dealkylation sites (N-methyl/N-ethyl adjacent to an activating group) is 2. The summed E-state index contributed by atoms with van der Waals surface area (Å²) in [6, 6.07) is 1.99. The van der Waals surface area contributed by atoms with E-state index in [9.17, 15) is 0 Å². The fourth-order valence-corrected chi connectivity index (χ4v) is 3.10. The van der Waals surface area contributed by atoms with E-state index < -0.39 is 0 Å². The molecule has 0 bridgehead atoms. The summed E-state index contributed by atoms with van der Waals surface area (Å²) in [5.74, 6) is 0.860. The minimum atomic E-state index is 0.453. The highest BCUT2D eigenvalue weighted by molar-refractivity contribution is 4.93. The second-order valence-electron chi connectivity index (χ2n) is 7.10. The lowest BCUT2D eigenvalue weighted by molar-refractivity contribution is 0.0596. The van der Waals surface area contributed by atoms with Gasteiger partial charge in [-0.1, -0.05) is 20.8 Å². The van der Waals surface area contributed by atoms with Gasteiger partial charge in [-0.15, -0.1) is 0 Å². The summed E-state index contributed by atoms with van der Waals surface area (Å²) in [7, 11) is 4.40. The minimum Gasteiger partial charge on any atom is -0.315 e. The second-order valence-corrected chi connectivity index (χ2v) is 7.10. The van der Waals surface area contributed by atoms with Crippen LogP contribution in [-0.4, -0.2) is 37.1 Å². The molecule has 1 N–H and O–H groups in total. The molecule has 102 valence electrons. The smallest absolute Gasteiger partial charge is 0.0251 e. The van der Waals surface area contributed by atoms with E-state index in [2.05, 4.69) is 58.9 Å². The number of nitrogens with zero attached hydrogens (tertiary/aromatic N) is 1. The first kappa shape index (κ1) is 15.0. The highest BCUT2D eigenvalue weighted by Gasteiger charge is 2.37. The molecule has 1 aliphatic rings. The summed E-state index contributed by atoms with van der Waals surface area (Å²) in [6.45, 7) is 11.8. The van der Waals surface area contributed by atoms with Crippen LogP contribution in [0.5, 0.6) is 0 Å². The molecule has 2 heteroatoms. The molecule has 2 nitrogen and oxygen atoms in total. The Morgan fingerprint density at radius 2 is 1.76 bits per heavy atom. The van der Waals surface area contributed by atoms with E-state index in [1.54, 1.807) is 0 Å². The number of rotatable bonds is 3. The molecule has 1 rings (SSSR count). The molecule has 0 aromatic rings. The number of nitrogens with one attached hydrogen (secondary N) is 1. The Hall–Kier alpha value is -0.0800. The molecule has 1 aliphatic carbocycles. The third-order valence-electron chi connectivity index (χ3n) is 4.75. The number of hydrogen-bond acceptors (Lipinski definition) is 2. The van der Waals surface area contributed by atoms with Crippen molar-refractivity contribution in [3.8, 4) is 0 Å². The average molecular weight is 240 g/mol. The quantitative estimate of drug-likeness (QED) is 0.815. The fraction of sp³-hybridized carbons (Fsp3) is 1.00. The maximum absolute atomic E-state index is 3.52. The van der Waals surface area contributed by atoms with Crippen molar-refractivity contribution >= 4 is 0 Å². The van der Waals surface area contributed by atoms with E-state index in [0.29, 0.717) is 23.5 Å². The van der Waals surface area contributed by atoms with Gasteiger partial charge in [0, 0.05) is 18.1 Å². The second kappa shape index (κ2) is 5.71. The van der Waals surface area contributed by atoms with E-state index in [4.69, 9.17) is 0 Å². The summed E-state index contributed by atoms with van der Waals surface area (Å²) in [5.41, 5.74) is 0.453. The molecule has 1 fully saturated rings. The third kappa shape index (κ3) is 3.69. The summed E-state index contributed by atoms with van der Waals surface area (Å²) in [5, 5.41) is 3.52. The van der Waals surface area contributed by atoms with Crippen LogP contribution in [0.3, 0.4) is 0 Å². The normalized spacial score (nSPS) is 31.2. The molecule has 0 saturated heterocycles. The molecule has 17 heavy (non-hydrogen) atoms. The van der Waals surface area contributed by atoms with Crippen LogP contribution in [0.2, 0.25) is 0 Å². The van der Waals surface area contributed by atoms with Gasteiger partial charge in [-0.25, -0.2) is 0 Å². The van der Waals surface area contributed by atoms with E-state index in [-0.39, 0.29) is 0 Å². The largest absolute Gasteiger partial charge is 0.315 e. The van der Waals surface area contributed by atoms with E-state index in [0.717, 1.165) is 5.92 Å². The Labute approximate surface area is 108 Å². The van der Waals surface area contributed by atoms with E-state index in [1.165, 1.54) is 19.3 Å². The van der Waals surface area contributed by atoms with Gasteiger partial charge in [0.25, 0.3) is 0 Å². The Balaban J connectivity index is 2.75. The van der Waals surface area contributed by atoms with Crippen LogP contribution < -0.4 is 5.32 Å². The monoisotopic (exact) mass is 240 g/mol. The van der Waals surface area contributed by atoms with Gasteiger partial charge >= 0.3 is 0 Å². The average Bonchev–Trinajstić information content (AvgIpc) is 2.25. The molecule has 0 amide bonds. The van der Waals surface area contributed by atoms with Crippen molar-refractivity contribution in [2.24, 2.45) is 11.3 Å². The molecular weight excluding hydrogens is 208 g/mol. The first-order chi connectivity index (χ1) is 7.77. The zero-order chi connectivity index (χ0) is 13.2. The van der Waals surface area contributed by atoms with Gasteiger partial charge in [-0.05, 0) is 58.5 Å². The van der Waals surface area contributed by atoms with Gasteiger partial charge < -0.3 is 5.32 Å². The van der Waals surface area contributed by atoms with Crippen LogP contribution in [0, 0.1) is 11.3 Å². The van der Waals surface area contributed by atoms with Gasteiger partial charge in [0.2, 0.25) is 0 Å². The van der Waals surface area contributed by atoms with Crippen molar-refractivity contribution in [3.63, 3.8) is 0 Å². The van der Waals surface area contributed by atoms with E-state index >= 15 is 0 Å². The van der Waals surface area contributed by atoms with Gasteiger partial charge in [-0.3, -0.25) is 4.90 Å². The van der Waals surface area contributed by atoms with Crippen LogP contribution >= 0.6 is 0 Å². The maximum atomic E-state index is 3.52.